The zero-order chi connectivity index (χ0) is 19.0. The second kappa shape index (κ2) is 6.80. The number of nitrogens with zero attached hydrogens (tertiary/aromatic N) is 2. The van der Waals surface area contributed by atoms with E-state index in [1.165, 1.54) is 13.0 Å². The maximum absolute atomic E-state index is 14.0. The van der Waals surface area contributed by atoms with Crippen LogP contribution in [0.3, 0.4) is 0 Å². The van der Waals surface area contributed by atoms with Crippen molar-refractivity contribution in [1.82, 2.24) is 10.3 Å². The molecule has 1 aliphatic heterocycles. The molecule has 3 rings (SSSR count). The number of aromatic nitrogens is 1. The van der Waals surface area contributed by atoms with Crippen molar-refractivity contribution in [2.45, 2.75) is 13.0 Å². The van der Waals surface area contributed by atoms with Gasteiger partial charge in [0.05, 0.1) is 12.2 Å². The highest BCUT2D eigenvalue weighted by Gasteiger charge is 2.28. The first-order chi connectivity index (χ1) is 12.3. The van der Waals surface area contributed by atoms with Crippen LogP contribution in [0.15, 0.2) is 46.7 Å². The minimum absolute atomic E-state index is 0.0564. The molecular formula is C17H10ClF3N3O2-. The van der Waals surface area contributed by atoms with Crippen LogP contribution >= 0.6 is 11.6 Å². The lowest BCUT2D eigenvalue weighted by molar-refractivity contribution is -0.299. The number of carbonyl (C=O) groups excluding carboxylic acids is 1. The number of aliphatic imine (C=N–C) groups is 1. The molecule has 1 N–H and O–H groups in total. The molecule has 2 heterocycles. The van der Waals surface area contributed by atoms with Gasteiger partial charge in [0.15, 0.2) is 11.7 Å². The van der Waals surface area contributed by atoms with E-state index in [1.807, 2.05) is 0 Å². The van der Waals surface area contributed by atoms with Gasteiger partial charge in [-0.1, -0.05) is 17.7 Å². The number of carboxylic acid groups (broad SMARTS) is 1. The van der Waals surface area contributed by atoms with E-state index < -0.39 is 29.5 Å². The van der Waals surface area contributed by atoms with E-state index in [0.29, 0.717) is 6.07 Å². The summed E-state index contributed by atoms with van der Waals surface area (Å²) in [6.45, 7) is 1.42. The topological polar surface area (TPSA) is 77.4 Å². The number of rotatable bonds is 3. The molecule has 2 aromatic rings. The fraction of sp³-hybridized carbons (Fsp3) is 0.118. The van der Waals surface area contributed by atoms with Crippen LogP contribution in [-0.4, -0.2) is 16.8 Å². The van der Waals surface area contributed by atoms with Gasteiger partial charge >= 0.3 is 0 Å². The summed E-state index contributed by atoms with van der Waals surface area (Å²) in [4.78, 5) is 19.3. The molecule has 0 saturated carbocycles. The maximum atomic E-state index is 14.0. The summed E-state index contributed by atoms with van der Waals surface area (Å²) in [5, 5.41) is 14.1. The van der Waals surface area contributed by atoms with Gasteiger partial charge in [0.2, 0.25) is 0 Å². The van der Waals surface area contributed by atoms with Crippen molar-refractivity contribution < 1.29 is 23.1 Å². The number of hydrogen-bond donors (Lipinski definition) is 1. The third kappa shape index (κ3) is 3.28. The zero-order valence-electron chi connectivity index (χ0n) is 13.2. The standard InChI is InChI=1S/C17H11ClF3N3O2/c1-7-13(17(25)26)14(10-3-2-8(19)4-11(10)18)24-16(23-7)15-12(21)5-9(20)6-22-15/h2-6,14H,1H3,(H,23,24)(H,25,26)/p-1. The Hall–Kier alpha value is -2.87. The molecule has 9 heteroatoms. The molecule has 1 unspecified atom stereocenters. The lowest BCUT2D eigenvalue weighted by atomic mass is 9.95. The average Bonchev–Trinajstić information content (AvgIpc) is 2.53. The van der Waals surface area contributed by atoms with E-state index >= 15 is 0 Å². The fourth-order valence-electron chi connectivity index (χ4n) is 2.60. The molecule has 0 aliphatic carbocycles. The Kier molecular flexibility index (Phi) is 4.69. The summed E-state index contributed by atoms with van der Waals surface area (Å²) >= 11 is 6.02. The number of benzene rings is 1. The molecule has 0 saturated heterocycles. The first-order valence-electron chi connectivity index (χ1n) is 7.31. The lowest BCUT2D eigenvalue weighted by Crippen LogP contribution is -2.37. The van der Waals surface area contributed by atoms with E-state index in [0.717, 1.165) is 18.3 Å². The summed E-state index contributed by atoms with van der Waals surface area (Å²) in [5.74, 6) is -4.10. The molecule has 1 aromatic carbocycles. The fourth-order valence-corrected chi connectivity index (χ4v) is 2.87. The molecular weight excluding hydrogens is 371 g/mol. The SMILES string of the molecule is CC1=C(C(=O)[O-])C(c2ccc(F)cc2Cl)N=C(c2ncc(F)cc2F)N1. The number of amidine groups is 1. The number of carboxylic acids is 1. The Labute approximate surface area is 150 Å². The van der Waals surface area contributed by atoms with Gasteiger partial charge in [-0.2, -0.15) is 0 Å². The van der Waals surface area contributed by atoms with E-state index in [-0.39, 0.29) is 33.4 Å². The summed E-state index contributed by atoms with van der Waals surface area (Å²) < 4.78 is 40.4. The van der Waals surface area contributed by atoms with Crippen LogP contribution in [0, 0.1) is 17.5 Å². The smallest absolute Gasteiger partial charge is 0.155 e. The molecule has 1 aromatic heterocycles. The predicted molar refractivity (Wildman–Crippen MR) is 85.7 cm³/mol. The number of halogens is 4. The van der Waals surface area contributed by atoms with E-state index in [2.05, 4.69) is 15.3 Å². The highest BCUT2D eigenvalue weighted by molar-refractivity contribution is 6.31. The Bertz CT molecular complexity index is 976. The van der Waals surface area contributed by atoms with E-state index in [9.17, 15) is 23.1 Å². The second-order valence-corrected chi connectivity index (χ2v) is 5.89. The molecule has 1 atom stereocenters. The first kappa shape index (κ1) is 17.9. The quantitative estimate of drug-likeness (QED) is 0.886. The minimum atomic E-state index is -1.52. The molecule has 134 valence electrons. The van der Waals surface area contributed by atoms with Crippen LogP contribution in [0.4, 0.5) is 13.2 Å². The summed E-state index contributed by atoms with van der Waals surface area (Å²) in [6.07, 6.45) is 0.801. The van der Waals surface area contributed by atoms with Crippen LogP contribution < -0.4 is 10.4 Å². The van der Waals surface area contributed by atoms with Crippen molar-refractivity contribution in [2.75, 3.05) is 0 Å². The normalized spacial score (nSPS) is 17.0. The number of allylic oxidation sites excluding steroid dienone is 1. The number of hydrogen-bond acceptors (Lipinski definition) is 5. The number of nitrogens with one attached hydrogen (secondary N) is 1. The van der Waals surface area contributed by atoms with Gasteiger partial charge < -0.3 is 15.2 Å². The maximum Gasteiger partial charge on any atom is 0.155 e. The average molecular weight is 381 g/mol. The van der Waals surface area contributed by atoms with Crippen LogP contribution in [0.1, 0.15) is 24.2 Å². The zero-order valence-corrected chi connectivity index (χ0v) is 13.9. The molecule has 0 bridgehead atoms. The Morgan fingerprint density at radius 3 is 2.58 bits per heavy atom. The number of carbonyl (C=O) groups is 1. The third-order valence-electron chi connectivity index (χ3n) is 3.75. The largest absolute Gasteiger partial charge is 0.545 e. The van der Waals surface area contributed by atoms with E-state index in [1.54, 1.807) is 0 Å². The van der Waals surface area contributed by atoms with Gasteiger partial charge in [-0.15, -0.1) is 0 Å². The van der Waals surface area contributed by atoms with Crippen LogP contribution in [-0.2, 0) is 4.79 Å². The summed E-state index contributed by atoms with van der Waals surface area (Å²) in [6, 6.07) is 2.82. The van der Waals surface area contributed by atoms with Crippen molar-refractivity contribution in [3.8, 4) is 0 Å². The number of pyridine rings is 1. The highest BCUT2D eigenvalue weighted by Crippen LogP contribution is 2.35. The molecule has 0 amide bonds. The van der Waals surface area contributed by atoms with Gasteiger partial charge in [-0.25, -0.2) is 18.2 Å². The number of aliphatic carboxylic acids is 1. The predicted octanol–water partition coefficient (Wildman–Crippen LogP) is 2.27. The van der Waals surface area contributed by atoms with Crippen LogP contribution in [0.5, 0.6) is 0 Å². The van der Waals surface area contributed by atoms with Gasteiger partial charge in [0.25, 0.3) is 0 Å². The third-order valence-corrected chi connectivity index (χ3v) is 4.08. The van der Waals surface area contributed by atoms with Gasteiger partial charge in [-0.3, -0.25) is 4.99 Å². The Morgan fingerprint density at radius 1 is 1.23 bits per heavy atom. The monoisotopic (exact) mass is 380 g/mol. The van der Waals surface area contributed by atoms with Crippen molar-refractivity contribution in [1.29, 1.82) is 0 Å². The Balaban J connectivity index is 2.17. The van der Waals surface area contributed by atoms with Crippen LogP contribution in [0.25, 0.3) is 0 Å². The lowest BCUT2D eigenvalue weighted by Gasteiger charge is -2.28. The molecule has 1 aliphatic rings. The van der Waals surface area contributed by atoms with E-state index in [4.69, 9.17) is 11.6 Å². The van der Waals surface area contributed by atoms with Gasteiger partial charge in [-0.05, 0) is 19.1 Å². The van der Waals surface area contributed by atoms with Crippen molar-refractivity contribution >= 4 is 23.4 Å². The highest BCUT2D eigenvalue weighted by atomic mass is 35.5. The molecule has 0 spiro atoms. The molecule has 0 fully saturated rings. The molecule has 26 heavy (non-hydrogen) atoms. The minimum Gasteiger partial charge on any atom is -0.545 e. The van der Waals surface area contributed by atoms with Crippen molar-refractivity contribution in [2.24, 2.45) is 4.99 Å². The van der Waals surface area contributed by atoms with Gasteiger partial charge in [0.1, 0.15) is 23.4 Å². The summed E-state index contributed by atoms with van der Waals surface area (Å²) in [5.41, 5.74) is -0.241. The second-order valence-electron chi connectivity index (χ2n) is 5.48. The van der Waals surface area contributed by atoms with Crippen molar-refractivity contribution in [3.05, 3.63) is 75.5 Å². The van der Waals surface area contributed by atoms with Gasteiger partial charge in [0, 0.05) is 27.9 Å². The molecule has 5 nitrogen and oxygen atoms in total. The first-order valence-corrected chi connectivity index (χ1v) is 7.69. The molecule has 0 radical (unpaired) electrons. The van der Waals surface area contributed by atoms with Crippen molar-refractivity contribution in [3.63, 3.8) is 0 Å². The van der Waals surface area contributed by atoms with Crippen LogP contribution in [0.2, 0.25) is 5.02 Å². The summed E-state index contributed by atoms with van der Waals surface area (Å²) in [7, 11) is 0. The Morgan fingerprint density at radius 2 is 1.96 bits per heavy atom.